The lowest BCUT2D eigenvalue weighted by Crippen LogP contribution is -2.56. The monoisotopic (exact) mass is 396 g/mol. The van der Waals surface area contributed by atoms with Gasteiger partial charge in [0, 0.05) is 37.6 Å². The Morgan fingerprint density at radius 2 is 1.93 bits per heavy atom. The summed E-state index contributed by atoms with van der Waals surface area (Å²) in [5, 5.41) is 7.72. The number of fused-ring (bicyclic) bond motifs is 2. The lowest BCUT2D eigenvalue weighted by atomic mass is 9.82. The van der Waals surface area contributed by atoms with E-state index in [1.165, 1.54) is 0 Å². The van der Waals surface area contributed by atoms with Crippen LogP contribution in [0.2, 0.25) is 0 Å². The number of urea groups is 1. The summed E-state index contributed by atoms with van der Waals surface area (Å²) < 4.78 is 2.04. The Kier molecular flexibility index (Phi) is 5.02. The van der Waals surface area contributed by atoms with Gasteiger partial charge in [0.2, 0.25) is 5.91 Å². The van der Waals surface area contributed by atoms with Crippen molar-refractivity contribution in [3.8, 4) is 0 Å². The molecule has 0 radical (unpaired) electrons. The highest BCUT2D eigenvalue weighted by Gasteiger charge is 2.46. The molecule has 8 heteroatoms. The third kappa shape index (κ3) is 3.71. The van der Waals surface area contributed by atoms with E-state index in [4.69, 9.17) is 5.10 Å². The van der Waals surface area contributed by atoms with Crippen LogP contribution in [-0.2, 0) is 16.9 Å². The number of piperidine rings is 1. The van der Waals surface area contributed by atoms with Crippen molar-refractivity contribution < 1.29 is 9.59 Å². The molecule has 4 rings (SSSR count). The van der Waals surface area contributed by atoms with Crippen molar-refractivity contribution in [1.29, 1.82) is 0 Å². The van der Waals surface area contributed by atoms with E-state index in [-0.39, 0.29) is 23.5 Å². The van der Waals surface area contributed by atoms with Crippen LogP contribution in [0.25, 0.3) is 0 Å². The van der Waals surface area contributed by atoms with Crippen molar-refractivity contribution in [3.05, 3.63) is 41.9 Å². The van der Waals surface area contributed by atoms with Gasteiger partial charge in [0.05, 0.1) is 24.2 Å². The number of likely N-dealkylation sites (tertiary alicyclic amines) is 1. The largest absolute Gasteiger partial charge is 0.336 e. The third-order valence-electron chi connectivity index (χ3n) is 5.80. The lowest BCUT2D eigenvalue weighted by Gasteiger charge is -2.46. The van der Waals surface area contributed by atoms with Gasteiger partial charge in [-0.3, -0.25) is 14.7 Å². The summed E-state index contributed by atoms with van der Waals surface area (Å²) in [6, 6.07) is 5.91. The number of aryl methyl sites for hydroxylation is 1. The molecule has 8 nitrogen and oxygen atoms in total. The van der Waals surface area contributed by atoms with Crippen LogP contribution in [-0.4, -0.2) is 50.7 Å². The molecule has 1 N–H and O–H groups in total. The second-order valence-electron chi connectivity index (χ2n) is 8.38. The minimum atomic E-state index is -0.357. The summed E-state index contributed by atoms with van der Waals surface area (Å²) in [7, 11) is 0. The van der Waals surface area contributed by atoms with Crippen LogP contribution in [0.4, 0.5) is 10.6 Å². The van der Waals surface area contributed by atoms with Crippen molar-refractivity contribution in [2.24, 2.45) is 0 Å². The van der Waals surface area contributed by atoms with Gasteiger partial charge in [-0.25, -0.2) is 9.48 Å². The molecule has 154 valence electrons. The van der Waals surface area contributed by atoms with E-state index in [0.717, 1.165) is 29.9 Å². The number of aromatic nitrogens is 3. The van der Waals surface area contributed by atoms with E-state index < -0.39 is 0 Å². The van der Waals surface area contributed by atoms with Crippen LogP contribution in [0.15, 0.2) is 30.6 Å². The maximum atomic E-state index is 13.2. The fourth-order valence-electron chi connectivity index (χ4n) is 4.30. The molecule has 1 spiro atoms. The highest BCUT2D eigenvalue weighted by Crippen LogP contribution is 2.41. The summed E-state index contributed by atoms with van der Waals surface area (Å²) in [6.07, 6.45) is 5.34. The molecule has 1 fully saturated rings. The van der Waals surface area contributed by atoms with Crippen LogP contribution in [0.3, 0.4) is 0 Å². The first kappa shape index (κ1) is 19.4. The molecule has 0 saturated carbocycles. The van der Waals surface area contributed by atoms with E-state index in [1.807, 2.05) is 53.5 Å². The molecular weight excluding hydrogens is 368 g/mol. The zero-order valence-electron chi connectivity index (χ0n) is 17.3. The molecule has 0 aliphatic carbocycles. The number of nitrogens with one attached hydrogen (secondary N) is 1. The van der Waals surface area contributed by atoms with Gasteiger partial charge in [-0.1, -0.05) is 0 Å². The van der Waals surface area contributed by atoms with E-state index in [2.05, 4.69) is 10.3 Å². The predicted octanol–water partition coefficient (Wildman–Crippen LogP) is 2.43. The molecule has 1 saturated heterocycles. The van der Waals surface area contributed by atoms with Gasteiger partial charge < -0.3 is 10.2 Å². The van der Waals surface area contributed by atoms with Crippen LogP contribution < -0.4 is 10.2 Å². The van der Waals surface area contributed by atoms with Crippen molar-refractivity contribution >= 4 is 17.8 Å². The quantitative estimate of drug-likeness (QED) is 0.864. The SMILES string of the molecule is Cc1cc2n(n1)C1(CCN(C(=O)NC(C)C)CC1)CC(=O)N2Cc1ccncc1. The van der Waals surface area contributed by atoms with Gasteiger partial charge in [-0.05, 0) is 51.3 Å². The van der Waals surface area contributed by atoms with Gasteiger partial charge in [0.15, 0.2) is 0 Å². The topological polar surface area (TPSA) is 83.4 Å². The van der Waals surface area contributed by atoms with Gasteiger partial charge in [-0.2, -0.15) is 5.10 Å². The van der Waals surface area contributed by atoms with Crippen molar-refractivity contribution in [2.75, 3.05) is 18.0 Å². The average Bonchev–Trinajstić information content (AvgIpc) is 3.08. The number of amides is 3. The maximum absolute atomic E-state index is 13.2. The molecule has 4 heterocycles. The first-order valence-electron chi connectivity index (χ1n) is 10.2. The molecule has 2 aromatic rings. The number of nitrogens with zero attached hydrogens (tertiary/aromatic N) is 5. The minimum Gasteiger partial charge on any atom is -0.336 e. The van der Waals surface area contributed by atoms with Crippen LogP contribution in [0, 0.1) is 6.92 Å². The Hall–Kier alpha value is -2.90. The Morgan fingerprint density at radius 3 is 2.59 bits per heavy atom. The standard InChI is InChI=1S/C21H28N6O2/c1-15(2)23-20(29)25-10-6-21(7-11-25)13-19(28)26(14-17-4-8-22-9-5-17)18-12-16(3)24-27(18)21/h4-5,8-9,12,15H,6-7,10-11,13-14H2,1-3H3,(H,23,29). The fraction of sp³-hybridized carbons (Fsp3) is 0.524. The van der Waals surface area contributed by atoms with E-state index >= 15 is 0 Å². The molecule has 0 unspecified atom stereocenters. The van der Waals surface area contributed by atoms with Gasteiger partial charge in [-0.15, -0.1) is 0 Å². The molecule has 0 atom stereocenters. The summed E-state index contributed by atoms with van der Waals surface area (Å²) >= 11 is 0. The molecule has 2 aliphatic heterocycles. The van der Waals surface area contributed by atoms with Crippen molar-refractivity contribution in [1.82, 2.24) is 25.0 Å². The highest BCUT2D eigenvalue weighted by atomic mass is 16.2. The highest BCUT2D eigenvalue weighted by molar-refractivity contribution is 5.94. The van der Waals surface area contributed by atoms with Gasteiger partial charge in [0.25, 0.3) is 0 Å². The third-order valence-corrected chi connectivity index (χ3v) is 5.80. The molecule has 0 aromatic carbocycles. The second kappa shape index (κ2) is 7.50. The first-order chi connectivity index (χ1) is 13.9. The molecule has 29 heavy (non-hydrogen) atoms. The average molecular weight is 396 g/mol. The summed E-state index contributed by atoms with van der Waals surface area (Å²) in [4.78, 5) is 33.3. The van der Waals surface area contributed by atoms with Crippen molar-refractivity contribution in [3.63, 3.8) is 0 Å². The Balaban J connectivity index is 1.57. The van der Waals surface area contributed by atoms with Crippen LogP contribution in [0.5, 0.6) is 0 Å². The number of anilines is 1. The summed E-state index contributed by atoms with van der Waals surface area (Å²) in [6.45, 7) is 7.62. The Labute approximate surface area is 170 Å². The van der Waals surface area contributed by atoms with E-state index in [1.54, 1.807) is 12.4 Å². The fourth-order valence-corrected chi connectivity index (χ4v) is 4.30. The zero-order chi connectivity index (χ0) is 20.6. The number of carbonyl (C=O) groups excluding carboxylic acids is 2. The second-order valence-corrected chi connectivity index (χ2v) is 8.38. The number of hydrogen-bond acceptors (Lipinski definition) is 4. The molecule has 0 bridgehead atoms. The molecule has 3 amide bonds. The first-order valence-corrected chi connectivity index (χ1v) is 10.2. The van der Waals surface area contributed by atoms with E-state index in [0.29, 0.717) is 26.1 Å². The summed E-state index contributed by atoms with van der Waals surface area (Å²) in [5.41, 5.74) is 1.58. The lowest BCUT2D eigenvalue weighted by molar-refractivity contribution is -0.123. The minimum absolute atomic E-state index is 0.0341. The van der Waals surface area contributed by atoms with E-state index in [9.17, 15) is 9.59 Å². The van der Waals surface area contributed by atoms with Crippen LogP contribution in [0.1, 0.15) is 44.4 Å². The van der Waals surface area contributed by atoms with Crippen LogP contribution >= 0.6 is 0 Å². The predicted molar refractivity (Wildman–Crippen MR) is 109 cm³/mol. The Morgan fingerprint density at radius 1 is 1.24 bits per heavy atom. The molecule has 2 aromatic heterocycles. The number of rotatable bonds is 3. The molecule has 2 aliphatic rings. The summed E-state index contributed by atoms with van der Waals surface area (Å²) in [5.74, 6) is 0.949. The zero-order valence-corrected chi connectivity index (χ0v) is 17.3. The number of hydrogen-bond donors (Lipinski definition) is 1. The number of carbonyl (C=O) groups is 2. The van der Waals surface area contributed by atoms with Gasteiger partial charge in [0.1, 0.15) is 5.82 Å². The van der Waals surface area contributed by atoms with Gasteiger partial charge >= 0.3 is 6.03 Å². The smallest absolute Gasteiger partial charge is 0.317 e. The normalized spacial score (nSPS) is 18.3. The Bertz CT molecular complexity index is 899. The number of pyridine rings is 1. The van der Waals surface area contributed by atoms with Crippen molar-refractivity contribution in [2.45, 2.75) is 58.2 Å². The maximum Gasteiger partial charge on any atom is 0.317 e. The molecular formula is C21H28N6O2.